The third-order valence-electron chi connectivity index (χ3n) is 18.4. The van der Waals surface area contributed by atoms with Crippen LogP contribution in [0.25, 0.3) is 0 Å². The fraction of sp³-hybridized carbons (Fsp3) is 0.720. The summed E-state index contributed by atoms with van der Waals surface area (Å²) in [6, 6.07) is 10.3. The van der Waals surface area contributed by atoms with Crippen LogP contribution in [0.4, 0.5) is 17.6 Å². The van der Waals surface area contributed by atoms with Crippen LogP contribution in [0.3, 0.4) is 0 Å². The molecule has 4 fully saturated rings. The lowest BCUT2D eigenvalue weighted by Crippen LogP contribution is -2.66. The molecule has 1 saturated heterocycles. The van der Waals surface area contributed by atoms with E-state index in [9.17, 15) is 34.4 Å². The van der Waals surface area contributed by atoms with Gasteiger partial charge in [0.05, 0.1) is 23.7 Å². The van der Waals surface area contributed by atoms with Gasteiger partial charge in [-0.1, -0.05) is 91.0 Å². The van der Waals surface area contributed by atoms with Crippen molar-refractivity contribution in [2.24, 2.45) is 50.7 Å². The number of hydrogen-bond acceptors (Lipinski definition) is 7. The fourth-order valence-electron chi connectivity index (χ4n) is 14.9. The molecule has 0 spiro atoms. The van der Waals surface area contributed by atoms with Gasteiger partial charge in [-0.3, -0.25) is 4.39 Å². The number of fused-ring (bicyclic) bond motifs is 7. The highest BCUT2D eigenvalue weighted by molar-refractivity contribution is 7.91. The molecule has 7 aliphatic rings. The molecule has 0 aromatic heterocycles. The SMILES string of the molecule is CC(C)C1=C2[C@H]3CC[C@@H]4[C@@]5(C)CC=C(C6=CC[C@](CF)(Cc7ccccc7)CC6)C(C)(C)[C@@H]5CC[C@@]4(C)[C@]3(C)CC[C@@]2(NCCN2CCS(=O)(=O)CC2)C=C1OS(=O)(=O)C(F)(F)F. The summed E-state index contributed by atoms with van der Waals surface area (Å²) in [5.74, 6) is 0.465. The number of allylic oxidation sites excluding steroid dienone is 5. The molecule has 0 radical (unpaired) electrons. The number of rotatable bonds is 11. The molecule has 1 aromatic rings. The Morgan fingerprint density at radius 3 is 2.21 bits per heavy atom. The number of hydrogen-bond donors (Lipinski definition) is 1. The first-order valence-corrected chi connectivity index (χ1v) is 26.8. The second-order valence-corrected chi connectivity index (χ2v) is 26.1. The Hall–Kier alpha value is -2.48. The first-order chi connectivity index (χ1) is 29.4. The smallest absolute Gasteiger partial charge is 0.376 e. The molecule has 0 amide bonds. The van der Waals surface area contributed by atoms with E-state index in [1.807, 2.05) is 32.0 Å². The average molecular weight is 919 g/mol. The number of nitrogens with zero attached hydrogens (tertiary/aromatic N) is 1. The Balaban J connectivity index is 1.10. The Bertz CT molecular complexity index is 2290. The summed E-state index contributed by atoms with van der Waals surface area (Å²) in [4.78, 5) is 2.10. The van der Waals surface area contributed by atoms with Crippen LogP contribution in [-0.4, -0.2) is 77.1 Å². The monoisotopic (exact) mass is 918 g/mol. The second-order valence-electron chi connectivity index (χ2n) is 22.3. The van der Waals surface area contributed by atoms with Crippen LogP contribution in [0.1, 0.15) is 118 Å². The number of halogens is 4. The summed E-state index contributed by atoms with van der Waals surface area (Å²) in [5, 5.41) is 3.74. The summed E-state index contributed by atoms with van der Waals surface area (Å²) < 4.78 is 111. The predicted octanol–water partition coefficient (Wildman–Crippen LogP) is 10.7. The van der Waals surface area contributed by atoms with Gasteiger partial charge in [0, 0.05) is 31.6 Å². The van der Waals surface area contributed by atoms with Crippen LogP contribution >= 0.6 is 0 Å². The van der Waals surface area contributed by atoms with Crippen LogP contribution in [-0.2, 0) is 30.6 Å². The highest BCUT2D eigenvalue weighted by Crippen LogP contribution is 2.76. The van der Waals surface area contributed by atoms with Gasteiger partial charge >= 0.3 is 15.6 Å². The van der Waals surface area contributed by atoms with E-state index in [4.69, 9.17) is 4.18 Å². The lowest BCUT2D eigenvalue weighted by Gasteiger charge is -2.71. The number of benzene rings is 1. The first kappa shape index (κ1) is 47.0. The largest absolute Gasteiger partial charge is 0.534 e. The fourth-order valence-corrected chi connectivity index (χ4v) is 16.7. The van der Waals surface area contributed by atoms with Crippen molar-refractivity contribution in [1.82, 2.24) is 10.2 Å². The first-order valence-electron chi connectivity index (χ1n) is 23.5. The van der Waals surface area contributed by atoms with Gasteiger partial charge in [0.1, 0.15) is 5.76 Å². The van der Waals surface area contributed by atoms with Crippen LogP contribution in [0, 0.1) is 50.7 Å². The van der Waals surface area contributed by atoms with Crippen molar-refractivity contribution >= 4 is 20.0 Å². The van der Waals surface area contributed by atoms with Crippen molar-refractivity contribution in [2.75, 3.05) is 44.4 Å². The van der Waals surface area contributed by atoms with Gasteiger partial charge in [-0.2, -0.15) is 21.6 Å². The molecule has 1 heterocycles. The summed E-state index contributed by atoms with van der Waals surface area (Å²) in [6.07, 6.45) is 15.9. The molecule has 1 N–H and O–H groups in total. The van der Waals surface area contributed by atoms with Gasteiger partial charge in [0.25, 0.3) is 0 Å². The minimum atomic E-state index is -5.93. The van der Waals surface area contributed by atoms with E-state index >= 15 is 0 Å². The third kappa shape index (κ3) is 7.84. The maximum absolute atomic E-state index is 14.8. The molecule has 0 bridgehead atoms. The lowest BCUT2D eigenvalue weighted by atomic mass is 9.33. The number of sulfone groups is 1. The third-order valence-corrected chi connectivity index (χ3v) is 20.9. The summed E-state index contributed by atoms with van der Waals surface area (Å²) in [6.45, 7) is 17.6. The second kappa shape index (κ2) is 16.1. The molecule has 8 atom stereocenters. The zero-order valence-corrected chi connectivity index (χ0v) is 40.1. The normalized spacial score (nSPS) is 37.8. The molecule has 8 rings (SSSR count). The van der Waals surface area contributed by atoms with Crippen LogP contribution < -0.4 is 5.32 Å². The van der Waals surface area contributed by atoms with E-state index in [0.717, 1.165) is 69.8 Å². The van der Waals surface area contributed by atoms with Gasteiger partial charge in [0.2, 0.25) is 0 Å². The predicted molar refractivity (Wildman–Crippen MR) is 241 cm³/mol. The van der Waals surface area contributed by atoms with Crippen molar-refractivity contribution in [1.29, 1.82) is 0 Å². The minimum Gasteiger partial charge on any atom is -0.376 e. The number of alkyl halides is 4. The topological polar surface area (TPSA) is 92.8 Å². The van der Waals surface area contributed by atoms with Crippen LogP contribution in [0.5, 0.6) is 0 Å². The van der Waals surface area contributed by atoms with Crippen molar-refractivity contribution in [3.8, 4) is 0 Å². The molecule has 0 unspecified atom stereocenters. The summed E-state index contributed by atoms with van der Waals surface area (Å²) in [5.41, 5.74) is -1.70. The van der Waals surface area contributed by atoms with Gasteiger partial charge in [-0.25, -0.2) is 8.42 Å². The molecule has 13 heteroatoms. The zero-order chi connectivity index (χ0) is 45.6. The van der Waals surface area contributed by atoms with Gasteiger partial charge in [-0.15, -0.1) is 0 Å². The molecule has 6 aliphatic carbocycles. The van der Waals surface area contributed by atoms with Crippen molar-refractivity contribution in [2.45, 2.75) is 130 Å². The standard InChI is InChI=1S/C50H70F4N2O5S2/c1-34(2)42-39(61-63(59,60)50(52,53)54)32-49(55-25-26-56-27-29-62(57,58)30-28-56)24-23-46(6)38(43(42)49)13-14-41-45(5)19-17-37(44(3,4)40(45)18-20-47(41,46)7)36-15-21-48(33-51,22-16-36)31-35-11-9-8-10-12-35/h8-12,15,17,32,34,38,40-41,55H,13-14,16,18-31,33H2,1-7H3/t38-,40+,41-,45+,46-,47-,48-,49-/m1/s1. The van der Waals surface area contributed by atoms with Gasteiger partial charge in [0.15, 0.2) is 9.84 Å². The Kier molecular flexibility index (Phi) is 12.0. The van der Waals surface area contributed by atoms with Gasteiger partial charge in [-0.05, 0) is 150 Å². The highest BCUT2D eigenvalue weighted by atomic mass is 32.2. The maximum atomic E-state index is 14.8. The van der Waals surface area contributed by atoms with Crippen LogP contribution in [0.15, 0.2) is 76.6 Å². The van der Waals surface area contributed by atoms with E-state index in [2.05, 4.69) is 69.1 Å². The molecular weight excluding hydrogens is 849 g/mol. The molecule has 350 valence electrons. The molecule has 7 nitrogen and oxygen atoms in total. The maximum Gasteiger partial charge on any atom is 0.534 e. The van der Waals surface area contributed by atoms with E-state index in [0.29, 0.717) is 50.0 Å². The molecule has 63 heavy (non-hydrogen) atoms. The van der Waals surface area contributed by atoms with E-state index in [1.54, 1.807) is 6.08 Å². The summed E-state index contributed by atoms with van der Waals surface area (Å²) >= 11 is 0. The van der Waals surface area contributed by atoms with E-state index in [1.165, 1.54) is 16.7 Å². The number of nitrogens with one attached hydrogen (secondary N) is 1. The van der Waals surface area contributed by atoms with Crippen molar-refractivity contribution in [3.05, 3.63) is 82.2 Å². The van der Waals surface area contributed by atoms with Crippen molar-refractivity contribution < 1.29 is 38.6 Å². The van der Waals surface area contributed by atoms with E-state index < -0.39 is 31.0 Å². The van der Waals surface area contributed by atoms with E-state index in [-0.39, 0.29) is 62.9 Å². The quantitative estimate of drug-likeness (QED) is 0.134. The van der Waals surface area contributed by atoms with Crippen LogP contribution in [0.2, 0.25) is 0 Å². The Labute approximate surface area is 374 Å². The van der Waals surface area contributed by atoms with Gasteiger partial charge < -0.3 is 14.4 Å². The van der Waals surface area contributed by atoms with Crippen molar-refractivity contribution in [3.63, 3.8) is 0 Å². The Morgan fingerprint density at radius 2 is 1.59 bits per heavy atom. The minimum absolute atomic E-state index is 0.00612. The molecular formula is C50H70F4N2O5S2. The molecule has 1 aliphatic heterocycles. The molecule has 3 saturated carbocycles. The lowest BCUT2D eigenvalue weighted by molar-refractivity contribution is -0.195. The average Bonchev–Trinajstić information content (AvgIpc) is 3.52. The Morgan fingerprint density at radius 1 is 0.889 bits per heavy atom. The summed E-state index contributed by atoms with van der Waals surface area (Å²) in [7, 11) is -9.00. The highest BCUT2D eigenvalue weighted by Gasteiger charge is 2.69. The molecule has 1 aromatic carbocycles. The zero-order valence-electron chi connectivity index (χ0n) is 38.5.